The summed E-state index contributed by atoms with van der Waals surface area (Å²) in [6.07, 6.45) is 0. The van der Waals surface area contributed by atoms with E-state index in [-0.39, 0.29) is 10.9 Å². The van der Waals surface area contributed by atoms with Crippen LogP contribution in [0.4, 0.5) is 5.69 Å². The fourth-order valence-corrected chi connectivity index (χ4v) is 2.48. The number of hydrogen-bond acceptors (Lipinski definition) is 5. The molecular formula is C15H14N2O4S. The van der Waals surface area contributed by atoms with Gasteiger partial charge in [-0.2, -0.15) is 0 Å². The Morgan fingerprint density at radius 3 is 2.73 bits per heavy atom. The largest absolute Gasteiger partial charge is 0.423 e. The summed E-state index contributed by atoms with van der Waals surface area (Å²) in [6, 6.07) is 8.04. The molecule has 1 aliphatic rings. The molecule has 0 bridgehead atoms. The lowest BCUT2D eigenvalue weighted by molar-refractivity contribution is -0.111. The highest BCUT2D eigenvalue weighted by Crippen LogP contribution is 2.17. The van der Waals surface area contributed by atoms with Gasteiger partial charge in [0.2, 0.25) is 0 Å². The first-order chi connectivity index (χ1) is 10.6. The van der Waals surface area contributed by atoms with Gasteiger partial charge in [-0.25, -0.2) is 4.79 Å². The van der Waals surface area contributed by atoms with E-state index < -0.39 is 5.63 Å². The van der Waals surface area contributed by atoms with Crippen LogP contribution < -0.4 is 10.9 Å². The van der Waals surface area contributed by atoms with Gasteiger partial charge >= 0.3 is 5.63 Å². The summed E-state index contributed by atoms with van der Waals surface area (Å²) >= 11 is 5.21. The smallest absolute Gasteiger partial charge is 0.336 e. The standard InChI is InChI=1S/C15H14N2O4S/c18-13-4-1-10-9-11(2-3-12(10)21-13)16-14(19)15(22)17-5-7-20-8-6-17/h1-4,9H,5-8H2,(H,16,19). The van der Waals surface area contributed by atoms with Crippen molar-refractivity contribution < 1.29 is 13.9 Å². The van der Waals surface area contributed by atoms with Crippen LogP contribution in [0.3, 0.4) is 0 Å². The summed E-state index contributed by atoms with van der Waals surface area (Å²) in [6.45, 7) is 2.38. The van der Waals surface area contributed by atoms with Crippen LogP contribution in [-0.4, -0.2) is 42.1 Å². The second-order valence-corrected chi connectivity index (χ2v) is 5.25. The molecule has 6 nitrogen and oxygen atoms in total. The van der Waals surface area contributed by atoms with Crippen molar-refractivity contribution in [2.45, 2.75) is 0 Å². The number of fused-ring (bicyclic) bond motifs is 1. The van der Waals surface area contributed by atoms with Crippen molar-refractivity contribution >= 4 is 39.8 Å². The number of carbonyl (C=O) groups excluding carboxylic acids is 1. The Labute approximate surface area is 131 Å². The number of ether oxygens (including phenoxy) is 1. The highest BCUT2D eigenvalue weighted by atomic mass is 32.1. The van der Waals surface area contributed by atoms with Gasteiger partial charge in [0, 0.05) is 30.2 Å². The van der Waals surface area contributed by atoms with Crippen molar-refractivity contribution in [3.63, 3.8) is 0 Å². The molecule has 1 saturated heterocycles. The summed E-state index contributed by atoms with van der Waals surface area (Å²) in [5.41, 5.74) is 0.668. The first kappa shape index (κ1) is 14.7. The highest BCUT2D eigenvalue weighted by molar-refractivity contribution is 7.82. The maximum absolute atomic E-state index is 12.2. The summed E-state index contributed by atoms with van der Waals surface area (Å²) < 4.78 is 10.3. The van der Waals surface area contributed by atoms with Crippen LogP contribution in [0.2, 0.25) is 0 Å². The van der Waals surface area contributed by atoms with Crippen LogP contribution in [0.5, 0.6) is 0 Å². The third-order valence-corrected chi connectivity index (χ3v) is 3.81. The average molecular weight is 318 g/mol. The van der Waals surface area contributed by atoms with Crippen LogP contribution in [0, 0.1) is 0 Å². The van der Waals surface area contributed by atoms with Gasteiger partial charge in [0.05, 0.1) is 13.2 Å². The molecule has 1 amide bonds. The fraction of sp³-hybridized carbons (Fsp3) is 0.267. The highest BCUT2D eigenvalue weighted by Gasteiger charge is 2.19. The minimum absolute atomic E-state index is 0.253. The Hall–Kier alpha value is -2.25. The molecule has 2 heterocycles. The van der Waals surface area contributed by atoms with Gasteiger partial charge in [-0.1, -0.05) is 12.2 Å². The first-order valence-corrected chi connectivity index (χ1v) is 7.26. The maximum Gasteiger partial charge on any atom is 0.336 e. The van der Waals surface area contributed by atoms with Crippen LogP contribution in [0.15, 0.2) is 39.5 Å². The van der Waals surface area contributed by atoms with Crippen LogP contribution in [-0.2, 0) is 9.53 Å². The molecule has 1 aromatic carbocycles. The lowest BCUT2D eigenvalue weighted by Crippen LogP contribution is -2.44. The fourth-order valence-electron chi connectivity index (χ4n) is 2.24. The normalized spacial score (nSPS) is 14.8. The zero-order valence-electron chi connectivity index (χ0n) is 11.7. The Kier molecular flexibility index (Phi) is 4.17. The third kappa shape index (κ3) is 3.15. The molecule has 0 unspecified atom stereocenters. The maximum atomic E-state index is 12.2. The number of morpholine rings is 1. The van der Waals surface area contributed by atoms with E-state index in [2.05, 4.69) is 5.32 Å². The van der Waals surface area contributed by atoms with E-state index in [1.807, 2.05) is 4.90 Å². The molecule has 1 aromatic heterocycles. The number of nitrogens with zero attached hydrogens (tertiary/aromatic N) is 1. The van der Waals surface area contributed by atoms with Crippen LogP contribution in [0.25, 0.3) is 11.0 Å². The lowest BCUT2D eigenvalue weighted by Gasteiger charge is -2.28. The minimum Gasteiger partial charge on any atom is -0.423 e. The van der Waals surface area contributed by atoms with E-state index in [0.717, 1.165) is 5.39 Å². The molecular weight excluding hydrogens is 304 g/mol. The Bertz CT molecular complexity index is 780. The van der Waals surface area contributed by atoms with Gasteiger partial charge < -0.3 is 19.4 Å². The number of anilines is 1. The van der Waals surface area contributed by atoms with Crippen molar-refractivity contribution in [1.82, 2.24) is 4.90 Å². The average Bonchev–Trinajstić information content (AvgIpc) is 2.55. The summed E-state index contributed by atoms with van der Waals surface area (Å²) in [7, 11) is 0. The third-order valence-electron chi connectivity index (χ3n) is 3.37. The van der Waals surface area contributed by atoms with Crippen LogP contribution >= 0.6 is 12.2 Å². The molecule has 0 saturated carbocycles. The number of rotatable bonds is 1. The molecule has 1 aliphatic heterocycles. The van der Waals surface area contributed by atoms with Gasteiger partial charge in [0.25, 0.3) is 5.91 Å². The molecule has 1 N–H and O–H groups in total. The molecule has 2 aromatic rings. The van der Waals surface area contributed by atoms with Gasteiger partial charge in [0.15, 0.2) is 4.99 Å². The van der Waals surface area contributed by atoms with E-state index in [9.17, 15) is 9.59 Å². The predicted octanol–water partition coefficient (Wildman–Crippen LogP) is 1.39. The van der Waals surface area contributed by atoms with Gasteiger partial charge in [-0.15, -0.1) is 0 Å². The predicted molar refractivity (Wildman–Crippen MR) is 86.1 cm³/mol. The SMILES string of the molecule is O=C(Nc1ccc2oc(=O)ccc2c1)C(=S)N1CCOCC1. The van der Waals surface area contributed by atoms with Crippen molar-refractivity contribution in [2.75, 3.05) is 31.6 Å². The summed E-state index contributed by atoms with van der Waals surface area (Å²) in [4.78, 5) is 25.4. The second kappa shape index (κ2) is 6.25. The van der Waals surface area contributed by atoms with E-state index in [1.54, 1.807) is 24.3 Å². The number of thiocarbonyl (C=S) groups is 1. The Morgan fingerprint density at radius 2 is 1.95 bits per heavy atom. The van der Waals surface area contributed by atoms with Crippen molar-refractivity contribution in [3.8, 4) is 0 Å². The van der Waals surface area contributed by atoms with Gasteiger partial charge in [0.1, 0.15) is 5.58 Å². The van der Waals surface area contributed by atoms with E-state index in [4.69, 9.17) is 21.4 Å². The Morgan fingerprint density at radius 1 is 1.18 bits per heavy atom. The van der Waals surface area contributed by atoms with Gasteiger partial charge in [-0.3, -0.25) is 4.79 Å². The van der Waals surface area contributed by atoms with E-state index >= 15 is 0 Å². The molecule has 0 aliphatic carbocycles. The second-order valence-electron chi connectivity index (χ2n) is 4.87. The number of carbonyl (C=O) groups is 1. The zero-order chi connectivity index (χ0) is 15.5. The van der Waals surface area contributed by atoms with Crippen molar-refractivity contribution in [3.05, 3.63) is 40.8 Å². The molecule has 22 heavy (non-hydrogen) atoms. The summed E-state index contributed by atoms with van der Waals surface area (Å²) in [5, 5.41) is 3.49. The molecule has 0 spiro atoms. The number of benzene rings is 1. The quantitative estimate of drug-likeness (QED) is 0.633. The molecule has 114 valence electrons. The number of hydrogen-bond donors (Lipinski definition) is 1. The lowest BCUT2D eigenvalue weighted by atomic mass is 10.2. The van der Waals surface area contributed by atoms with Gasteiger partial charge in [-0.05, 0) is 24.3 Å². The number of amides is 1. The summed E-state index contributed by atoms with van der Waals surface area (Å²) in [5.74, 6) is -0.325. The Balaban J connectivity index is 1.74. The minimum atomic E-state index is -0.405. The molecule has 1 fully saturated rings. The van der Waals surface area contributed by atoms with Crippen molar-refractivity contribution in [1.29, 1.82) is 0 Å². The number of nitrogens with one attached hydrogen (secondary N) is 1. The molecule has 7 heteroatoms. The van der Waals surface area contributed by atoms with Crippen molar-refractivity contribution in [2.24, 2.45) is 0 Å². The zero-order valence-corrected chi connectivity index (χ0v) is 12.5. The molecule has 0 atom stereocenters. The topological polar surface area (TPSA) is 71.8 Å². The van der Waals surface area contributed by atoms with E-state index in [0.29, 0.717) is 37.6 Å². The molecule has 0 radical (unpaired) electrons. The molecule has 3 rings (SSSR count). The first-order valence-electron chi connectivity index (χ1n) is 6.85. The van der Waals surface area contributed by atoms with E-state index in [1.165, 1.54) is 6.07 Å². The van der Waals surface area contributed by atoms with Crippen LogP contribution in [0.1, 0.15) is 0 Å². The monoisotopic (exact) mass is 318 g/mol.